The van der Waals surface area contributed by atoms with E-state index in [-0.39, 0.29) is 16.3 Å². The molecule has 0 bridgehead atoms. The molecule has 0 saturated carbocycles. The van der Waals surface area contributed by atoms with Gasteiger partial charge >= 0.3 is 0 Å². The van der Waals surface area contributed by atoms with Crippen LogP contribution >= 0.6 is 11.6 Å². The molecule has 13 heteroatoms. The van der Waals surface area contributed by atoms with Crippen LogP contribution in [0.4, 0.5) is 13.2 Å². The van der Waals surface area contributed by atoms with Crippen LogP contribution in [0.3, 0.4) is 0 Å². The minimum absolute atomic E-state index is 0.0173. The molecule has 0 radical (unpaired) electrons. The van der Waals surface area contributed by atoms with Crippen LogP contribution in [-0.4, -0.2) is 34.6 Å². The summed E-state index contributed by atoms with van der Waals surface area (Å²) < 4.78 is 47.5. The average Bonchev–Trinajstić information content (AvgIpc) is 3.60. The monoisotopic (exact) mass is 528 g/mol. The first kappa shape index (κ1) is 24.5. The average molecular weight is 529 g/mol. The van der Waals surface area contributed by atoms with E-state index in [4.69, 9.17) is 11.6 Å². The Labute approximate surface area is 213 Å². The molecule has 0 fully saturated rings. The van der Waals surface area contributed by atoms with Gasteiger partial charge in [-0.1, -0.05) is 22.9 Å². The molecular weight excluding hydrogens is 509 g/mol. The SMILES string of the molecule is Cn1cc(C[C@@H](c2ccc(-c3c(C(F)F)ccc(Cl)c3F)c[n+]2[O-])n2cc(-c3cnnn3C)cn2)cn1. The van der Waals surface area contributed by atoms with E-state index in [1.807, 2.05) is 6.20 Å². The van der Waals surface area contributed by atoms with Gasteiger partial charge in [-0.05, 0) is 17.7 Å². The van der Waals surface area contributed by atoms with Crippen LogP contribution in [0.25, 0.3) is 22.4 Å². The minimum Gasteiger partial charge on any atom is -0.618 e. The summed E-state index contributed by atoms with van der Waals surface area (Å²) >= 11 is 5.85. The molecule has 5 rings (SSSR count). The maximum atomic E-state index is 14.8. The summed E-state index contributed by atoms with van der Waals surface area (Å²) in [5, 5.41) is 29.4. The molecule has 0 aliphatic heterocycles. The van der Waals surface area contributed by atoms with E-state index < -0.39 is 29.4 Å². The molecule has 4 aromatic heterocycles. The summed E-state index contributed by atoms with van der Waals surface area (Å²) in [5.41, 5.74) is 1.60. The highest BCUT2D eigenvalue weighted by Crippen LogP contribution is 2.36. The zero-order valence-electron chi connectivity index (χ0n) is 19.6. The Kier molecular flexibility index (Phi) is 6.42. The molecule has 0 aliphatic carbocycles. The van der Waals surface area contributed by atoms with Gasteiger partial charge in [0.1, 0.15) is 11.9 Å². The fraction of sp³-hybridized carbons (Fsp3) is 0.208. The summed E-state index contributed by atoms with van der Waals surface area (Å²) in [6, 6.07) is 4.43. The van der Waals surface area contributed by atoms with Gasteiger partial charge in [0.25, 0.3) is 6.43 Å². The summed E-state index contributed by atoms with van der Waals surface area (Å²) in [7, 11) is 3.53. The summed E-state index contributed by atoms with van der Waals surface area (Å²) in [6.45, 7) is 0. The van der Waals surface area contributed by atoms with Gasteiger partial charge in [-0.15, -0.1) is 5.10 Å². The molecule has 0 N–H and O–H groups in total. The zero-order chi connectivity index (χ0) is 26.3. The highest BCUT2D eigenvalue weighted by atomic mass is 35.5. The van der Waals surface area contributed by atoms with Gasteiger partial charge in [-0.3, -0.25) is 9.36 Å². The maximum Gasteiger partial charge on any atom is 0.264 e. The fourth-order valence-electron chi connectivity index (χ4n) is 4.27. The Morgan fingerprint density at radius 1 is 1.03 bits per heavy atom. The van der Waals surface area contributed by atoms with Gasteiger partial charge in [0, 0.05) is 55.7 Å². The van der Waals surface area contributed by atoms with Crippen LogP contribution in [0.15, 0.2) is 61.4 Å². The highest BCUT2D eigenvalue weighted by Gasteiger charge is 2.27. The number of aryl methyl sites for hydroxylation is 2. The van der Waals surface area contributed by atoms with Crippen molar-refractivity contribution in [1.29, 1.82) is 0 Å². The van der Waals surface area contributed by atoms with Gasteiger partial charge in [0.05, 0.1) is 34.9 Å². The smallest absolute Gasteiger partial charge is 0.264 e. The third-order valence-corrected chi connectivity index (χ3v) is 6.35. The van der Waals surface area contributed by atoms with E-state index in [2.05, 4.69) is 20.5 Å². The Balaban J connectivity index is 1.59. The first-order valence-electron chi connectivity index (χ1n) is 11.1. The van der Waals surface area contributed by atoms with Gasteiger partial charge in [0.15, 0.2) is 6.20 Å². The predicted octanol–water partition coefficient (Wildman–Crippen LogP) is 4.27. The quantitative estimate of drug-likeness (QED) is 0.232. The van der Waals surface area contributed by atoms with Crippen molar-refractivity contribution in [2.75, 3.05) is 0 Å². The van der Waals surface area contributed by atoms with Crippen molar-refractivity contribution in [3.8, 4) is 22.4 Å². The molecule has 1 aromatic carbocycles. The third kappa shape index (κ3) is 4.67. The second-order valence-corrected chi connectivity index (χ2v) is 8.90. The number of aromatic nitrogens is 8. The van der Waals surface area contributed by atoms with Crippen molar-refractivity contribution in [1.82, 2.24) is 34.6 Å². The third-order valence-electron chi connectivity index (χ3n) is 6.06. The molecule has 0 aliphatic rings. The number of rotatable bonds is 7. The Morgan fingerprint density at radius 3 is 2.49 bits per heavy atom. The first-order valence-corrected chi connectivity index (χ1v) is 11.5. The van der Waals surface area contributed by atoms with Crippen molar-refractivity contribution >= 4 is 11.6 Å². The number of benzene rings is 1. The molecule has 37 heavy (non-hydrogen) atoms. The fourth-order valence-corrected chi connectivity index (χ4v) is 4.42. The van der Waals surface area contributed by atoms with Gasteiger partial charge in [-0.25, -0.2) is 17.9 Å². The normalized spacial score (nSPS) is 12.4. The van der Waals surface area contributed by atoms with E-state index in [1.54, 1.807) is 52.9 Å². The van der Waals surface area contributed by atoms with Crippen LogP contribution in [0.5, 0.6) is 0 Å². The lowest BCUT2D eigenvalue weighted by atomic mass is 9.99. The van der Waals surface area contributed by atoms with E-state index in [0.717, 1.165) is 35.2 Å². The lowest BCUT2D eigenvalue weighted by Gasteiger charge is -2.18. The molecular formula is C24H20ClF3N8O. The topological polar surface area (TPSA) is 93.3 Å². The molecule has 1 atom stereocenters. The lowest BCUT2D eigenvalue weighted by Crippen LogP contribution is -2.36. The van der Waals surface area contributed by atoms with Crippen LogP contribution in [0.2, 0.25) is 5.02 Å². The number of halogens is 4. The summed E-state index contributed by atoms with van der Waals surface area (Å²) in [6.07, 6.45) is 6.97. The number of nitrogens with zero attached hydrogens (tertiary/aromatic N) is 8. The molecule has 4 heterocycles. The largest absolute Gasteiger partial charge is 0.618 e. The van der Waals surface area contributed by atoms with Crippen molar-refractivity contribution in [3.05, 3.63) is 94.3 Å². The zero-order valence-corrected chi connectivity index (χ0v) is 20.4. The molecule has 0 saturated heterocycles. The van der Waals surface area contributed by atoms with Crippen molar-refractivity contribution in [2.45, 2.75) is 18.9 Å². The Bertz CT molecular complexity index is 1580. The van der Waals surface area contributed by atoms with Crippen molar-refractivity contribution in [2.24, 2.45) is 14.1 Å². The molecule has 9 nitrogen and oxygen atoms in total. The Hall–Kier alpha value is -4.19. The number of alkyl halides is 2. The Morgan fingerprint density at radius 2 is 1.84 bits per heavy atom. The molecule has 0 spiro atoms. The van der Waals surface area contributed by atoms with Gasteiger partial charge in [0.2, 0.25) is 5.69 Å². The molecule has 0 amide bonds. The second-order valence-electron chi connectivity index (χ2n) is 8.49. The molecule has 0 unspecified atom stereocenters. The molecule has 5 aromatic rings. The van der Waals surface area contributed by atoms with Crippen LogP contribution in [-0.2, 0) is 20.5 Å². The number of hydrogen-bond donors (Lipinski definition) is 0. The van der Waals surface area contributed by atoms with Crippen LogP contribution in [0, 0.1) is 11.0 Å². The van der Waals surface area contributed by atoms with E-state index in [0.29, 0.717) is 11.2 Å². The standard InChI is InChI=1S/C24H20ClF3N8O/c1-33-11-14(8-30-33)7-20(35-12-16(9-31-35)21-10-29-32-34(21)2)19-6-3-15(13-36(19)37)22-17(24(27)28)4-5-18(25)23(22)26/h3-6,8-13,20,24H,7H2,1-2H3/t20-/m0/s1. The van der Waals surface area contributed by atoms with Crippen molar-refractivity contribution < 1.29 is 17.9 Å². The molecule has 190 valence electrons. The maximum absolute atomic E-state index is 14.8. The van der Waals surface area contributed by atoms with Crippen molar-refractivity contribution in [3.63, 3.8) is 0 Å². The second kappa shape index (κ2) is 9.69. The van der Waals surface area contributed by atoms with E-state index in [1.165, 1.54) is 12.1 Å². The minimum atomic E-state index is -2.95. The van der Waals surface area contributed by atoms with E-state index in [9.17, 15) is 18.4 Å². The summed E-state index contributed by atoms with van der Waals surface area (Å²) in [5.74, 6) is -1.01. The highest BCUT2D eigenvalue weighted by molar-refractivity contribution is 6.31. The number of pyridine rings is 1. The van der Waals surface area contributed by atoms with Crippen LogP contribution in [0.1, 0.15) is 29.3 Å². The predicted molar refractivity (Wildman–Crippen MR) is 128 cm³/mol. The first-order chi connectivity index (χ1) is 17.7. The lowest BCUT2D eigenvalue weighted by molar-refractivity contribution is -0.615. The number of hydrogen-bond acceptors (Lipinski definition) is 5. The van der Waals surface area contributed by atoms with Gasteiger partial charge in [-0.2, -0.15) is 14.9 Å². The van der Waals surface area contributed by atoms with E-state index >= 15 is 0 Å². The van der Waals surface area contributed by atoms with Gasteiger partial charge < -0.3 is 5.21 Å². The van der Waals surface area contributed by atoms with Crippen LogP contribution < -0.4 is 4.73 Å². The summed E-state index contributed by atoms with van der Waals surface area (Å²) in [4.78, 5) is 0.